The highest BCUT2D eigenvalue weighted by atomic mass is 35.5. The molecule has 0 bridgehead atoms. The van der Waals surface area contributed by atoms with Crippen LogP contribution in [-0.4, -0.2) is 31.2 Å². The van der Waals surface area contributed by atoms with Gasteiger partial charge in [-0.3, -0.25) is 4.79 Å². The van der Waals surface area contributed by atoms with E-state index < -0.39 is 5.41 Å². The van der Waals surface area contributed by atoms with Gasteiger partial charge in [0, 0.05) is 18.2 Å². The summed E-state index contributed by atoms with van der Waals surface area (Å²) in [5.74, 6) is 0.496. The van der Waals surface area contributed by atoms with E-state index in [2.05, 4.69) is 10.3 Å². The van der Waals surface area contributed by atoms with Crippen LogP contribution < -0.4 is 10.1 Å². The highest BCUT2D eigenvalue weighted by Crippen LogP contribution is 2.44. The molecular formula is C21H25ClN2O3. The Morgan fingerprint density at radius 1 is 1.19 bits per heavy atom. The zero-order valence-electron chi connectivity index (χ0n) is 15.8. The Morgan fingerprint density at radius 3 is 2.59 bits per heavy atom. The van der Waals surface area contributed by atoms with Gasteiger partial charge in [-0.1, -0.05) is 42.6 Å². The molecular weight excluding hydrogens is 364 g/mol. The molecule has 0 saturated heterocycles. The molecule has 27 heavy (non-hydrogen) atoms. The third-order valence-electron chi connectivity index (χ3n) is 5.13. The molecule has 1 fully saturated rings. The molecule has 3 rings (SSSR count). The molecule has 2 aromatic rings. The van der Waals surface area contributed by atoms with Crippen molar-refractivity contribution in [2.75, 3.05) is 25.6 Å². The Kier molecular flexibility index (Phi) is 6.34. The second-order valence-corrected chi connectivity index (χ2v) is 7.25. The van der Waals surface area contributed by atoms with Gasteiger partial charge in [-0.2, -0.15) is 0 Å². The van der Waals surface area contributed by atoms with E-state index in [0.717, 1.165) is 31.2 Å². The number of hydrogen-bond acceptors (Lipinski definition) is 4. The molecule has 0 atom stereocenters. The zero-order valence-corrected chi connectivity index (χ0v) is 16.5. The van der Waals surface area contributed by atoms with Crippen LogP contribution in [0.4, 0.5) is 5.69 Å². The van der Waals surface area contributed by atoms with Crippen LogP contribution in [-0.2, 0) is 14.9 Å². The number of nitrogens with one attached hydrogen (secondary N) is 1. The lowest BCUT2D eigenvalue weighted by atomic mass is 9.78. The molecule has 0 spiro atoms. The maximum Gasteiger partial charge on any atom is 0.235 e. The summed E-state index contributed by atoms with van der Waals surface area (Å²) < 4.78 is 10.5. The van der Waals surface area contributed by atoms with Gasteiger partial charge in [0.05, 0.1) is 23.4 Å². The first kappa shape index (κ1) is 19.6. The Balaban J connectivity index is 1.80. The SMILES string of the molecule is COCCOc1ccc(NC(=O)C2(c3ccccc3Cl)CCCC2)c(C)n1. The predicted molar refractivity (Wildman–Crippen MR) is 107 cm³/mol. The Bertz CT molecular complexity index is 804. The molecule has 144 valence electrons. The predicted octanol–water partition coefficient (Wildman–Crippen LogP) is 4.52. The van der Waals surface area contributed by atoms with Crippen molar-refractivity contribution in [3.8, 4) is 5.88 Å². The monoisotopic (exact) mass is 388 g/mol. The largest absolute Gasteiger partial charge is 0.475 e. The lowest BCUT2D eigenvalue weighted by molar-refractivity contribution is -0.121. The first-order chi connectivity index (χ1) is 13.1. The average molecular weight is 389 g/mol. The number of aryl methyl sites for hydroxylation is 1. The quantitative estimate of drug-likeness (QED) is 0.708. The van der Waals surface area contributed by atoms with Crippen molar-refractivity contribution < 1.29 is 14.3 Å². The first-order valence-electron chi connectivity index (χ1n) is 9.23. The van der Waals surface area contributed by atoms with Gasteiger partial charge in [-0.05, 0) is 37.5 Å². The number of pyridine rings is 1. The van der Waals surface area contributed by atoms with E-state index in [1.54, 1.807) is 13.2 Å². The lowest BCUT2D eigenvalue weighted by Gasteiger charge is -2.29. The fraction of sp³-hybridized carbons (Fsp3) is 0.429. The number of hydrogen-bond donors (Lipinski definition) is 1. The van der Waals surface area contributed by atoms with Crippen molar-refractivity contribution in [3.63, 3.8) is 0 Å². The third kappa shape index (κ3) is 4.25. The highest BCUT2D eigenvalue weighted by molar-refractivity contribution is 6.31. The number of anilines is 1. The van der Waals surface area contributed by atoms with Crippen LogP contribution in [0.2, 0.25) is 5.02 Å². The molecule has 0 unspecified atom stereocenters. The van der Waals surface area contributed by atoms with E-state index in [1.165, 1.54) is 0 Å². The standard InChI is InChI=1S/C21H25ClN2O3/c1-15-18(9-10-19(23-15)27-14-13-26-2)24-20(25)21(11-5-6-12-21)16-7-3-4-8-17(16)22/h3-4,7-10H,5-6,11-14H2,1-2H3,(H,24,25). The van der Waals surface area contributed by atoms with Gasteiger partial charge in [-0.15, -0.1) is 0 Å². The molecule has 5 nitrogen and oxygen atoms in total. The highest BCUT2D eigenvalue weighted by Gasteiger charge is 2.44. The Hall–Kier alpha value is -2.11. The lowest BCUT2D eigenvalue weighted by Crippen LogP contribution is -2.38. The third-order valence-corrected chi connectivity index (χ3v) is 5.46. The van der Waals surface area contributed by atoms with Gasteiger partial charge in [-0.25, -0.2) is 4.98 Å². The van der Waals surface area contributed by atoms with E-state index >= 15 is 0 Å². The summed E-state index contributed by atoms with van der Waals surface area (Å²) in [6.07, 6.45) is 3.63. The van der Waals surface area contributed by atoms with Crippen molar-refractivity contribution in [3.05, 3.63) is 52.7 Å². The summed E-state index contributed by atoms with van der Waals surface area (Å²) in [7, 11) is 1.62. The van der Waals surface area contributed by atoms with Crippen LogP contribution in [0.5, 0.6) is 5.88 Å². The number of nitrogens with zero attached hydrogens (tertiary/aromatic N) is 1. The van der Waals surface area contributed by atoms with Crippen LogP contribution in [0.1, 0.15) is 36.9 Å². The number of benzene rings is 1. The molecule has 1 aromatic carbocycles. The summed E-state index contributed by atoms with van der Waals surface area (Å²) in [6, 6.07) is 11.2. The van der Waals surface area contributed by atoms with Crippen LogP contribution in [0.15, 0.2) is 36.4 Å². The summed E-state index contributed by atoms with van der Waals surface area (Å²) in [6.45, 7) is 2.79. The van der Waals surface area contributed by atoms with Gasteiger partial charge in [0.2, 0.25) is 11.8 Å². The molecule has 1 heterocycles. The number of methoxy groups -OCH3 is 1. The molecule has 6 heteroatoms. The molecule has 0 radical (unpaired) electrons. The Morgan fingerprint density at radius 2 is 1.93 bits per heavy atom. The normalized spacial score (nSPS) is 15.5. The summed E-state index contributed by atoms with van der Waals surface area (Å²) in [4.78, 5) is 17.7. The number of halogens is 1. The number of amides is 1. The number of ether oxygens (including phenoxy) is 2. The maximum absolute atomic E-state index is 13.3. The van der Waals surface area contributed by atoms with Crippen molar-refractivity contribution in [1.29, 1.82) is 0 Å². The minimum absolute atomic E-state index is 0.0222. The zero-order chi connectivity index (χ0) is 19.3. The average Bonchev–Trinajstić information content (AvgIpc) is 3.15. The van der Waals surface area contributed by atoms with E-state index in [1.807, 2.05) is 37.3 Å². The van der Waals surface area contributed by atoms with Gasteiger partial charge in [0.1, 0.15) is 6.61 Å². The number of carbonyl (C=O) groups excluding carboxylic acids is 1. The number of rotatable bonds is 7. The van der Waals surface area contributed by atoms with Crippen molar-refractivity contribution in [1.82, 2.24) is 4.98 Å². The molecule has 1 aliphatic carbocycles. The van der Waals surface area contributed by atoms with Gasteiger partial charge in [0.25, 0.3) is 0 Å². The minimum atomic E-state index is -0.585. The minimum Gasteiger partial charge on any atom is -0.475 e. The number of aromatic nitrogens is 1. The van der Waals surface area contributed by atoms with Gasteiger partial charge >= 0.3 is 0 Å². The fourth-order valence-corrected chi connectivity index (χ4v) is 3.99. The fourth-order valence-electron chi connectivity index (χ4n) is 3.67. The van der Waals surface area contributed by atoms with E-state index in [-0.39, 0.29) is 5.91 Å². The maximum atomic E-state index is 13.3. The number of carbonyl (C=O) groups is 1. The van der Waals surface area contributed by atoms with Crippen molar-refractivity contribution >= 4 is 23.2 Å². The summed E-state index contributed by atoms with van der Waals surface area (Å²) >= 11 is 6.43. The van der Waals surface area contributed by atoms with E-state index in [9.17, 15) is 4.79 Å². The molecule has 1 N–H and O–H groups in total. The molecule has 1 saturated carbocycles. The van der Waals surface area contributed by atoms with Crippen LogP contribution in [0, 0.1) is 6.92 Å². The topological polar surface area (TPSA) is 60.5 Å². The smallest absolute Gasteiger partial charge is 0.235 e. The molecule has 0 aliphatic heterocycles. The van der Waals surface area contributed by atoms with E-state index in [4.69, 9.17) is 21.1 Å². The Labute approximate surface area is 165 Å². The summed E-state index contributed by atoms with van der Waals surface area (Å²) in [5.41, 5.74) is 1.73. The van der Waals surface area contributed by atoms with Gasteiger partial charge in [0.15, 0.2) is 0 Å². The molecule has 1 aromatic heterocycles. The second kappa shape index (κ2) is 8.72. The van der Waals surface area contributed by atoms with Crippen molar-refractivity contribution in [2.45, 2.75) is 38.0 Å². The second-order valence-electron chi connectivity index (χ2n) is 6.85. The molecule has 1 amide bonds. The first-order valence-corrected chi connectivity index (χ1v) is 9.60. The van der Waals surface area contributed by atoms with Crippen LogP contribution in [0.3, 0.4) is 0 Å². The van der Waals surface area contributed by atoms with Crippen molar-refractivity contribution in [2.24, 2.45) is 0 Å². The van der Waals surface area contributed by atoms with Gasteiger partial charge < -0.3 is 14.8 Å². The summed E-state index contributed by atoms with van der Waals surface area (Å²) in [5, 5.41) is 3.72. The van der Waals surface area contributed by atoms with Crippen LogP contribution in [0.25, 0.3) is 0 Å². The van der Waals surface area contributed by atoms with Crippen LogP contribution >= 0.6 is 11.6 Å². The van der Waals surface area contributed by atoms with E-state index in [0.29, 0.717) is 35.5 Å². The molecule has 1 aliphatic rings.